The van der Waals surface area contributed by atoms with Gasteiger partial charge in [0.15, 0.2) is 0 Å². The molecule has 0 radical (unpaired) electrons. The number of para-hydroxylation sites is 1. The first kappa shape index (κ1) is 12.6. The molecular formula is C14H18N2O2. The largest absolute Gasteiger partial charge is 0.345 e. The predicted octanol–water partition coefficient (Wildman–Crippen LogP) is 1.49. The van der Waals surface area contributed by atoms with Gasteiger partial charge in [-0.3, -0.25) is 9.59 Å². The van der Waals surface area contributed by atoms with Gasteiger partial charge in [0, 0.05) is 18.7 Å². The van der Waals surface area contributed by atoms with Crippen LogP contribution >= 0.6 is 0 Å². The number of rotatable bonds is 3. The number of nitrogens with zero attached hydrogens (tertiary/aromatic N) is 1. The summed E-state index contributed by atoms with van der Waals surface area (Å²) >= 11 is 0. The number of fused-ring (bicyclic) bond motifs is 1. The van der Waals surface area contributed by atoms with Crippen molar-refractivity contribution in [1.82, 2.24) is 5.32 Å². The molecule has 1 heterocycles. The fourth-order valence-electron chi connectivity index (χ4n) is 2.21. The molecule has 1 aromatic carbocycles. The summed E-state index contributed by atoms with van der Waals surface area (Å²) < 4.78 is 0. The van der Waals surface area contributed by atoms with Gasteiger partial charge < -0.3 is 10.2 Å². The number of anilines is 1. The van der Waals surface area contributed by atoms with Gasteiger partial charge in [-0.1, -0.05) is 25.1 Å². The van der Waals surface area contributed by atoms with Crippen LogP contribution < -0.4 is 10.2 Å². The second-order valence-corrected chi connectivity index (χ2v) is 4.51. The standard InChI is InChI=1S/C14H18N2O2/c1-3-13(17)15-10(2)14(18)16-9-8-11-6-4-5-7-12(11)16/h4-7,10H,3,8-9H2,1-2H3,(H,15,17)/t10-/m0/s1. The molecule has 0 bridgehead atoms. The van der Waals surface area contributed by atoms with Crippen molar-refractivity contribution in [3.05, 3.63) is 29.8 Å². The number of benzene rings is 1. The van der Waals surface area contributed by atoms with Crippen LogP contribution in [0.2, 0.25) is 0 Å². The third-order valence-electron chi connectivity index (χ3n) is 3.22. The van der Waals surface area contributed by atoms with Crippen LogP contribution in [0.4, 0.5) is 5.69 Å². The van der Waals surface area contributed by atoms with Crippen LogP contribution in [0.1, 0.15) is 25.8 Å². The molecule has 18 heavy (non-hydrogen) atoms. The zero-order valence-corrected chi connectivity index (χ0v) is 10.8. The molecule has 0 saturated carbocycles. The Kier molecular flexibility index (Phi) is 3.65. The first-order valence-corrected chi connectivity index (χ1v) is 6.32. The molecule has 1 N–H and O–H groups in total. The molecule has 0 spiro atoms. The van der Waals surface area contributed by atoms with E-state index in [0.717, 1.165) is 12.1 Å². The lowest BCUT2D eigenvalue weighted by Crippen LogP contribution is -2.46. The lowest BCUT2D eigenvalue weighted by atomic mass is 10.2. The van der Waals surface area contributed by atoms with Crippen molar-refractivity contribution in [3.63, 3.8) is 0 Å². The van der Waals surface area contributed by atoms with Gasteiger partial charge in [-0.25, -0.2) is 0 Å². The van der Waals surface area contributed by atoms with Crippen molar-refractivity contribution < 1.29 is 9.59 Å². The van der Waals surface area contributed by atoms with Gasteiger partial charge >= 0.3 is 0 Å². The molecular weight excluding hydrogens is 228 g/mol. The van der Waals surface area contributed by atoms with Crippen molar-refractivity contribution >= 4 is 17.5 Å². The van der Waals surface area contributed by atoms with Gasteiger partial charge in [-0.2, -0.15) is 0 Å². The topological polar surface area (TPSA) is 49.4 Å². The van der Waals surface area contributed by atoms with E-state index >= 15 is 0 Å². The molecule has 1 atom stereocenters. The van der Waals surface area contributed by atoms with Crippen molar-refractivity contribution in [2.75, 3.05) is 11.4 Å². The van der Waals surface area contributed by atoms with E-state index in [-0.39, 0.29) is 11.8 Å². The zero-order chi connectivity index (χ0) is 13.1. The molecule has 0 fully saturated rings. The Bertz CT molecular complexity index is 471. The van der Waals surface area contributed by atoms with Crippen molar-refractivity contribution in [2.45, 2.75) is 32.7 Å². The van der Waals surface area contributed by atoms with Gasteiger partial charge in [0.1, 0.15) is 6.04 Å². The number of nitrogens with one attached hydrogen (secondary N) is 1. The Labute approximate surface area is 107 Å². The molecule has 0 unspecified atom stereocenters. The molecule has 1 aliphatic heterocycles. The summed E-state index contributed by atoms with van der Waals surface area (Å²) in [5, 5.41) is 2.71. The van der Waals surface area contributed by atoms with Crippen LogP contribution in [0.15, 0.2) is 24.3 Å². The Morgan fingerprint density at radius 2 is 2.11 bits per heavy atom. The summed E-state index contributed by atoms with van der Waals surface area (Å²) in [7, 11) is 0. The average Bonchev–Trinajstić information content (AvgIpc) is 2.81. The summed E-state index contributed by atoms with van der Waals surface area (Å²) in [5.74, 6) is -0.134. The highest BCUT2D eigenvalue weighted by atomic mass is 16.2. The van der Waals surface area contributed by atoms with E-state index in [1.807, 2.05) is 24.3 Å². The summed E-state index contributed by atoms with van der Waals surface area (Å²) in [5.41, 5.74) is 2.17. The van der Waals surface area contributed by atoms with Gasteiger partial charge in [0.2, 0.25) is 11.8 Å². The molecule has 0 aromatic heterocycles. The third-order valence-corrected chi connectivity index (χ3v) is 3.22. The summed E-state index contributed by atoms with van der Waals surface area (Å²) in [4.78, 5) is 25.3. The van der Waals surface area contributed by atoms with Gasteiger partial charge in [-0.15, -0.1) is 0 Å². The second-order valence-electron chi connectivity index (χ2n) is 4.51. The molecule has 4 nitrogen and oxygen atoms in total. The molecule has 1 aliphatic rings. The monoisotopic (exact) mass is 246 g/mol. The van der Waals surface area contributed by atoms with E-state index in [0.29, 0.717) is 13.0 Å². The number of hydrogen-bond donors (Lipinski definition) is 1. The first-order chi connectivity index (χ1) is 8.63. The van der Waals surface area contributed by atoms with Crippen molar-refractivity contribution in [1.29, 1.82) is 0 Å². The molecule has 96 valence electrons. The molecule has 0 aliphatic carbocycles. The summed E-state index contributed by atoms with van der Waals surface area (Å²) in [6.45, 7) is 4.21. The Balaban J connectivity index is 2.09. The third kappa shape index (κ3) is 2.37. The Morgan fingerprint density at radius 3 is 2.83 bits per heavy atom. The molecule has 2 rings (SSSR count). The highest BCUT2D eigenvalue weighted by Gasteiger charge is 2.28. The van der Waals surface area contributed by atoms with Crippen molar-refractivity contribution in [3.8, 4) is 0 Å². The van der Waals surface area contributed by atoms with Crippen LogP contribution in [-0.2, 0) is 16.0 Å². The van der Waals surface area contributed by atoms with E-state index in [2.05, 4.69) is 5.32 Å². The molecule has 0 saturated heterocycles. The highest BCUT2D eigenvalue weighted by Crippen LogP contribution is 2.27. The van der Waals surface area contributed by atoms with Crippen LogP contribution in [0.5, 0.6) is 0 Å². The predicted molar refractivity (Wildman–Crippen MR) is 70.4 cm³/mol. The van der Waals surface area contributed by atoms with Gasteiger partial charge in [0.25, 0.3) is 0 Å². The number of hydrogen-bond acceptors (Lipinski definition) is 2. The number of carbonyl (C=O) groups is 2. The highest BCUT2D eigenvalue weighted by molar-refractivity contribution is 6.00. The number of carbonyl (C=O) groups excluding carboxylic acids is 2. The average molecular weight is 246 g/mol. The summed E-state index contributed by atoms with van der Waals surface area (Å²) in [6, 6.07) is 7.44. The lowest BCUT2D eigenvalue weighted by Gasteiger charge is -2.22. The smallest absolute Gasteiger partial charge is 0.249 e. The fourth-order valence-corrected chi connectivity index (χ4v) is 2.21. The van der Waals surface area contributed by atoms with E-state index in [9.17, 15) is 9.59 Å². The minimum Gasteiger partial charge on any atom is -0.345 e. The molecule has 1 aromatic rings. The normalized spacial score (nSPS) is 15.1. The SMILES string of the molecule is CCC(=O)N[C@@H](C)C(=O)N1CCc2ccccc21. The van der Waals surface area contributed by atoms with Crippen molar-refractivity contribution in [2.24, 2.45) is 0 Å². The van der Waals surface area contributed by atoms with E-state index < -0.39 is 6.04 Å². The number of amides is 2. The maximum Gasteiger partial charge on any atom is 0.249 e. The lowest BCUT2D eigenvalue weighted by molar-refractivity contribution is -0.127. The van der Waals surface area contributed by atoms with Crippen LogP contribution in [0.25, 0.3) is 0 Å². The fraction of sp³-hybridized carbons (Fsp3) is 0.429. The minimum atomic E-state index is -0.469. The van der Waals surface area contributed by atoms with Crippen LogP contribution in [-0.4, -0.2) is 24.4 Å². The molecule has 2 amide bonds. The Morgan fingerprint density at radius 1 is 1.39 bits per heavy atom. The first-order valence-electron chi connectivity index (χ1n) is 6.32. The van der Waals surface area contributed by atoms with Gasteiger partial charge in [-0.05, 0) is 25.0 Å². The van der Waals surface area contributed by atoms with E-state index in [4.69, 9.17) is 0 Å². The maximum atomic E-state index is 12.3. The zero-order valence-electron chi connectivity index (χ0n) is 10.8. The second kappa shape index (κ2) is 5.21. The van der Waals surface area contributed by atoms with E-state index in [1.54, 1.807) is 18.7 Å². The molecule has 4 heteroatoms. The quantitative estimate of drug-likeness (QED) is 0.878. The minimum absolute atomic E-state index is 0.0400. The Hall–Kier alpha value is -1.84. The maximum absolute atomic E-state index is 12.3. The van der Waals surface area contributed by atoms with E-state index in [1.165, 1.54) is 5.56 Å². The summed E-state index contributed by atoms with van der Waals surface area (Å²) in [6.07, 6.45) is 1.28. The van der Waals surface area contributed by atoms with Gasteiger partial charge in [0.05, 0.1) is 0 Å². The van der Waals surface area contributed by atoms with Crippen LogP contribution in [0, 0.1) is 0 Å². The van der Waals surface area contributed by atoms with Crippen LogP contribution in [0.3, 0.4) is 0 Å².